The van der Waals surface area contributed by atoms with Gasteiger partial charge in [-0.25, -0.2) is 9.37 Å². The first-order valence-corrected chi connectivity index (χ1v) is 4.50. The molecule has 4 heteroatoms. The van der Waals surface area contributed by atoms with Crippen LogP contribution in [-0.2, 0) is 6.54 Å². The third kappa shape index (κ3) is 1.32. The van der Waals surface area contributed by atoms with Gasteiger partial charge in [-0.2, -0.15) is 0 Å². The standard InChI is InChI=1S/C10H12FN3/c1-7-2-3-9-8(6-7)13-10(12)14(9)5-4-11/h2-3,6H,4-5H2,1H3,(H2,12,13). The second kappa shape index (κ2) is 3.29. The van der Waals surface area contributed by atoms with Crippen LogP contribution >= 0.6 is 0 Å². The van der Waals surface area contributed by atoms with E-state index in [0.29, 0.717) is 5.95 Å². The summed E-state index contributed by atoms with van der Waals surface area (Å²) in [6, 6.07) is 5.84. The Labute approximate surface area is 81.4 Å². The summed E-state index contributed by atoms with van der Waals surface area (Å²) in [5.74, 6) is 0.378. The van der Waals surface area contributed by atoms with Crippen LogP contribution in [0, 0.1) is 6.92 Å². The molecule has 14 heavy (non-hydrogen) atoms. The van der Waals surface area contributed by atoms with Crippen molar-refractivity contribution in [1.29, 1.82) is 0 Å². The molecule has 0 aliphatic heterocycles. The highest BCUT2D eigenvalue weighted by molar-refractivity contribution is 5.79. The van der Waals surface area contributed by atoms with Gasteiger partial charge in [-0.3, -0.25) is 0 Å². The molecule has 1 aromatic carbocycles. The SMILES string of the molecule is Cc1ccc2c(c1)nc(N)n2CCF. The number of alkyl halides is 1. The monoisotopic (exact) mass is 193 g/mol. The Balaban J connectivity index is 2.64. The van der Waals surface area contributed by atoms with Crippen molar-refractivity contribution in [3.63, 3.8) is 0 Å². The normalized spacial score (nSPS) is 11.0. The predicted molar refractivity (Wildman–Crippen MR) is 54.9 cm³/mol. The van der Waals surface area contributed by atoms with E-state index >= 15 is 0 Å². The number of anilines is 1. The Morgan fingerprint density at radius 1 is 1.50 bits per heavy atom. The number of benzene rings is 1. The summed E-state index contributed by atoms with van der Waals surface area (Å²) in [7, 11) is 0. The molecule has 0 aliphatic rings. The predicted octanol–water partition coefficient (Wildman–Crippen LogP) is 1.90. The number of aromatic nitrogens is 2. The summed E-state index contributed by atoms with van der Waals surface area (Å²) in [6.07, 6.45) is 0. The molecule has 0 aliphatic carbocycles. The molecule has 2 rings (SSSR count). The number of hydrogen-bond acceptors (Lipinski definition) is 2. The highest BCUT2D eigenvalue weighted by atomic mass is 19.1. The molecule has 0 fully saturated rings. The molecule has 0 saturated carbocycles. The number of aryl methyl sites for hydroxylation is 2. The first kappa shape index (κ1) is 8.99. The number of nitrogen functional groups attached to an aromatic ring is 1. The maximum absolute atomic E-state index is 12.2. The minimum absolute atomic E-state index is 0.269. The zero-order chi connectivity index (χ0) is 10.1. The van der Waals surface area contributed by atoms with Crippen LogP contribution in [0.4, 0.5) is 10.3 Å². The number of fused-ring (bicyclic) bond motifs is 1. The molecule has 0 atom stereocenters. The van der Waals surface area contributed by atoms with Gasteiger partial charge < -0.3 is 10.3 Å². The number of halogens is 1. The van der Waals surface area contributed by atoms with E-state index in [-0.39, 0.29) is 6.54 Å². The lowest BCUT2D eigenvalue weighted by Gasteiger charge is -2.01. The summed E-state index contributed by atoms with van der Waals surface area (Å²) in [5, 5.41) is 0. The Morgan fingerprint density at radius 2 is 2.29 bits per heavy atom. The summed E-state index contributed by atoms with van der Waals surface area (Å²) in [5.41, 5.74) is 8.53. The van der Waals surface area contributed by atoms with Crippen LogP contribution in [0.5, 0.6) is 0 Å². The van der Waals surface area contributed by atoms with E-state index in [1.807, 2.05) is 25.1 Å². The van der Waals surface area contributed by atoms with E-state index in [9.17, 15) is 4.39 Å². The molecular weight excluding hydrogens is 181 g/mol. The van der Waals surface area contributed by atoms with Gasteiger partial charge in [0.1, 0.15) is 6.67 Å². The molecule has 2 N–H and O–H groups in total. The fourth-order valence-corrected chi connectivity index (χ4v) is 1.58. The molecule has 1 heterocycles. The van der Waals surface area contributed by atoms with E-state index < -0.39 is 6.67 Å². The number of rotatable bonds is 2. The largest absolute Gasteiger partial charge is 0.369 e. The lowest BCUT2D eigenvalue weighted by molar-refractivity contribution is 0.452. The van der Waals surface area contributed by atoms with Crippen molar-refractivity contribution >= 4 is 17.0 Å². The lowest BCUT2D eigenvalue weighted by atomic mass is 10.2. The van der Waals surface area contributed by atoms with E-state index in [0.717, 1.165) is 16.6 Å². The molecule has 74 valence electrons. The van der Waals surface area contributed by atoms with Gasteiger partial charge in [0.15, 0.2) is 0 Å². The summed E-state index contributed by atoms with van der Waals surface area (Å²) in [4.78, 5) is 4.17. The minimum atomic E-state index is -0.427. The molecule has 0 radical (unpaired) electrons. The molecule has 2 aromatic rings. The van der Waals surface area contributed by atoms with Crippen molar-refractivity contribution < 1.29 is 4.39 Å². The van der Waals surface area contributed by atoms with E-state index in [4.69, 9.17) is 5.73 Å². The topological polar surface area (TPSA) is 43.8 Å². The van der Waals surface area contributed by atoms with Gasteiger partial charge in [0.25, 0.3) is 0 Å². The second-order valence-electron chi connectivity index (χ2n) is 3.30. The third-order valence-corrected chi connectivity index (χ3v) is 2.24. The van der Waals surface area contributed by atoms with Crippen molar-refractivity contribution in [2.24, 2.45) is 0 Å². The zero-order valence-corrected chi connectivity index (χ0v) is 8.00. The lowest BCUT2D eigenvalue weighted by Crippen LogP contribution is -2.04. The summed E-state index contributed by atoms with van der Waals surface area (Å²) < 4.78 is 13.9. The Bertz CT molecular complexity index is 462. The molecule has 0 spiro atoms. The highest BCUT2D eigenvalue weighted by Crippen LogP contribution is 2.18. The van der Waals surface area contributed by atoms with Gasteiger partial charge >= 0.3 is 0 Å². The molecule has 3 nitrogen and oxygen atoms in total. The fourth-order valence-electron chi connectivity index (χ4n) is 1.58. The first-order valence-electron chi connectivity index (χ1n) is 4.50. The molecule has 0 saturated heterocycles. The molecule has 0 amide bonds. The van der Waals surface area contributed by atoms with Crippen molar-refractivity contribution in [3.05, 3.63) is 23.8 Å². The van der Waals surface area contributed by atoms with Crippen molar-refractivity contribution in [1.82, 2.24) is 9.55 Å². The van der Waals surface area contributed by atoms with Gasteiger partial charge in [0, 0.05) is 0 Å². The van der Waals surface area contributed by atoms with Crippen molar-refractivity contribution in [2.75, 3.05) is 12.4 Å². The maximum atomic E-state index is 12.2. The molecular formula is C10H12FN3. The van der Waals surface area contributed by atoms with Crippen LogP contribution in [0.25, 0.3) is 11.0 Å². The van der Waals surface area contributed by atoms with Crippen molar-refractivity contribution in [2.45, 2.75) is 13.5 Å². The van der Waals surface area contributed by atoms with Crippen LogP contribution in [0.1, 0.15) is 5.56 Å². The van der Waals surface area contributed by atoms with Crippen LogP contribution in [0.3, 0.4) is 0 Å². The average molecular weight is 193 g/mol. The van der Waals surface area contributed by atoms with Crippen LogP contribution < -0.4 is 5.73 Å². The minimum Gasteiger partial charge on any atom is -0.369 e. The van der Waals surface area contributed by atoms with Gasteiger partial charge in [-0.05, 0) is 24.6 Å². The van der Waals surface area contributed by atoms with E-state index in [1.54, 1.807) is 4.57 Å². The van der Waals surface area contributed by atoms with E-state index in [1.165, 1.54) is 0 Å². The Kier molecular flexibility index (Phi) is 2.11. The van der Waals surface area contributed by atoms with Crippen LogP contribution in [0.2, 0.25) is 0 Å². The zero-order valence-electron chi connectivity index (χ0n) is 8.00. The average Bonchev–Trinajstić information content (AvgIpc) is 2.43. The van der Waals surface area contributed by atoms with Gasteiger partial charge in [-0.15, -0.1) is 0 Å². The number of nitrogens with two attached hydrogens (primary N) is 1. The number of nitrogens with zero attached hydrogens (tertiary/aromatic N) is 2. The van der Waals surface area contributed by atoms with Crippen LogP contribution in [-0.4, -0.2) is 16.2 Å². The summed E-state index contributed by atoms with van der Waals surface area (Å²) >= 11 is 0. The van der Waals surface area contributed by atoms with Gasteiger partial charge in [0.2, 0.25) is 5.95 Å². The van der Waals surface area contributed by atoms with Crippen LogP contribution in [0.15, 0.2) is 18.2 Å². The Morgan fingerprint density at radius 3 is 3.00 bits per heavy atom. The van der Waals surface area contributed by atoms with Gasteiger partial charge in [-0.1, -0.05) is 6.07 Å². The van der Waals surface area contributed by atoms with Gasteiger partial charge in [0.05, 0.1) is 17.6 Å². The summed E-state index contributed by atoms with van der Waals surface area (Å²) in [6.45, 7) is 1.83. The number of hydrogen-bond donors (Lipinski definition) is 1. The Hall–Kier alpha value is -1.58. The van der Waals surface area contributed by atoms with E-state index in [2.05, 4.69) is 4.98 Å². The first-order chi connectivity index (χ1) is 6.72. The third-order valence-electron chi connectivity index (χ3n) is 2.24. The van der Waals surface area contributed by atoms with Crippen molar-refractivity contribution in [3.8, 4) is 0 Å². The quantitative estimate of drug-likeness (QED) is 0.791. The smallest absolute Gasteiger partial charge is 0.201 e. The molecule has 0 unspecified atom stereocenters. The maximum Gasteiger partial charge on any atom is 0.201 e. The molecule has 1 aromatic heterocycles. The molecule has 0 bridgehead atoms. The second-order valence-corrected chi connectivity index (χ2v) is 3.30. The fraction of sp³-hybridized carbons (Fsp3) is 0.300. The number of imidazole rings is 1. The highest BCUT2D eigenvalue weighted by Gasteiger charge is 2.06.